The zero-order valence-corrected chi connectivity index (χ0v) is 13.3. The first-order chi connectivity index (χ1) is 11.5. The maximum atomic E-state index is 11.9. The highest BCUT2D eigenvalue weighted by Gasteiger charge is 2.18. The molecule has 8 heteroatoms. The Labute approximate surface area is 139 Å². The van der Waals surface area contributed by atoms with Crippen LogP contribution in [0.15, 0.2) is 18.2 Å². The number of hydrogen-bond acceptors (Lipinski definition) is 6. The van der Waals surface area contributed by atoms with Crippen LogP contribution >= 0.6 is 0 Å². The number of hydrogen-bond donors (Lipinski definition) is 2. The minimum Gasteiger partial charge on any atom is -0.452 e. The number of carbonyl (C=O) groups is 2. The van der Waals surface area contributed by atoms with Gasteiger partial charge in [-0.3, -0.25) is 14.9 Å². The number of esters is 1. The molecule has 1 aliphatic carbocycles. The first kappa shape index (κ1) is 17.7. The Kier molecular flexibility index (Phi) is 6.11. The van der Waals surface area contributed by atoms with Gasteiger partial charge in [-0.2, -0.15) is 0 Å². The van der Waals surface area contributed by atoms with Gasteiger partial charge in [0.1, 0.15) is 0 Å². The number of nitro groups is 1. The molecule has 130 valence electrons. The Morgan fingerprint density at radius 2 is 1.92 bits per heavy atom. The number of nitro benzene ring substituents is 1. The third kappa shape index (κ3) is 4.94. The average Bonchev–Trinajstić information content (AvgIpc) is 2.81. The number of carbonyl (C=O) groups excluding carboxylic acids is 2. The summed E-state index contributed by atoms with van der Waals surface area (Å²) in [5.41, 5.74) is 5.36. The zero-order valence-electron chi connectivity index (χ0n) is 13.3. The van der Waals surface area contributed by atoms with Gasteiger partial charge in [0.05, 0.1) is 16.2 Å². The number of benzene rings is 1. The van der Waals surface area contributed by atoms with E-state index in [0.717, 1.165) is 31.7 Å². The molecule has 1 saturated carbocycles. The van der Waals surface area contributed by atoms with E-state index in [1.165, 1.54) is 25.0 Å². The van der Waals surface area contributed by atoms with E-state index < -0.39 is 17.5 Å². The Bertz CT molecular complexity index is 624. The second-order valence-corrected chi connectivity index (χ2v) is 5.86. The molecule has 24 heavy (non-hydrogen) atoms. The number of rotatable bonds is 5. The van der Waals surface area contributed by atoms with Gasteiger partial charge in [-0.05, 0) is 18.9 Å². The van der Waals surface area contributed by atoms with Gasteiger partial charge in [-0.25, -0.2) is 4.79 Å². The van der Waals surface area contributed by atoms with E-state index in [-0.39, 0.29) is 28.9 Å². The summed E-state index contributed by atoms with van der Waals surface area (Å²) in [5.74, 6) is -1.13. The van der Waals surface area contributed by atoms with Crippen molar-refractivity contribution in [1.82, 2.24) is 5.32 Å². The molecule has 8 nitrogen and oxygen atoms in total. The maximum absolute atomic E-state index is 11.9. The van der Waals surface area contributed by atoms with Gasteiger partial charge in [0.15, 0.2) is 6.61 Å². The minimum absolute atomic E-state index is 0.00265. The van der Waals surface area contributed by atoms with Gasteiger partial charge in [0, 0.05) is 18.2 Å². The number of anilines is 1. The lowest BCUT2D eigenvalue weighted by molar-refractivity contribution is -0.384. The summed E-state index contributed by atoms with van der Waals surface area (Å²) < 4.78 is 4.94. The third-order valence-corrected chi connectivity index (χ3v) is 4.02. The lowest BCUT2D eigenvalue weighted by Crippen LogP contribution is -2.37. The highest BCUT2D eigenvalue weighted by atomic mass is 16.6. The van der Waals surface area contributed by atoms with Crippen molar-refractivity contribution in [3.8, 4) is 0 Å². The van der Waals surface area contributed by atoms with Crippen LogP contribution in [0.2, 0.25) is 0 Å². The number of nitrogen functional groups attached to an aromatic ring is 1. The van der Waals surface area contributed by atoms with Crippen LogP contribution in [-0.2, 0) is 9.53 Å². The molecule has 0 radical (unpaired) electrons. The van der Waals surface area contributed by atoms with Crippen molar-refractivity contribution in [1.29, 1.82) is 0 Å². The van der Waals surface area contributed by atoms with E-state index in [2.05, 4.69) is 5.32 Å². The molecule has 0 saturated heterocycles. The van der Waals surface area contributed by atoms with Crippen molar-refractivity contribution in [2.75, 3.05) is 12.3 Å². The fraction of sp³-hybridized carbons (Fsp3) is 0.500. The van der Waals surface area contributed by atoms with Gasteiger partial charge in [-0.1, -0.05) is 25.7 Å². The van der Waals surface area contributed by atoms with Gasteiger partial charge in [0.25, 0.3) is 11.6 Å². The van der Waals surface area contributed by atoms with Gasteiger partial charge in [0.2, 0.25) is 0 Å². The standard InChI is InChI=1S/C16H21N3O5/c17-14-9-12(19(22)23)7-8-13(14)16(21)24-10-15(20)18-11-5-3-1-2-4-6-11/h7-9,11H,1-6,10,17H2,(H,18,20). The molecule has 1 amide bonds. The maximum Gasteiger partial charge on any atom is 0.340 e. The predicted molar refractivity (Wildman–Crippen MR) is 87.4 cm³/mol. The van der Waals surface area contributed by atoms with Crippen molar-refractivity contribution in [3.05, 3.63) is 33.9 Å². The molecule has 1 aliphatic rings. The Hall–Kier alpha value is -2.64. The van der Waals surface area contributed by atoms with Crippen molar-refractivity contribution >= 4 is 23.3 Å². The number of amides is 1. The smallest absolute Gasteiger partial charge is 0.340 e. The van der Waals surface area contributed by atoms with Crippen LogP contribution in [0.4, 0.5) is 11.4 Å². The van der Waals surface area contributed by atoms with Crippen LogP contribution in [0.3, 0.4) is 0 Å². The van der Waals surface area contributed by atoms with Gasteiger partial charge in [-0.15, -0.1) is 0 Å². The number of nitrogens with two attached hydrogens (primary N) is 1. The van der Waals surface area contributed by atoms with Crippen LogP contribution in [0.25, 0.3) is 0 Å². The SMILES string of the molecule is Nc1cc([N+](=O)[O-])ccc1C(=O)OCC(=O)NC1CCCCCC1. The van der Waals surface area contributed by atoms with Crippen molar-refractivity contribution in [2.24, 2.45) is 0 Å². The number of nitrogens with one attached hydrogen (secondary N) is 1. The average molecular weight is 335 g/mol. The number of ether oxygens (including phenoxy) is 1. The monoisotopic (exact) mass is 335 g/mol. The Morgan fingerprint density at radius 3 is 2.50 bits per heavy atom. The molecule has 3 N–H and O–H groups in total. The fourth-order valence-corrected chi connectivity index (χ4v) is 2.75. The molecule has 0 aliphatic heterocycles. The lowest BCUT2D eigenvalue weighted by atomic mass is 10.1. The summed E-state index contributed by atoms with van der Waals surface area (Å²) in [4.78, 5) is 33.9. The third-order valence-electron chi connectivity index (χ3n) is 4.02. The summed E-state index contributed by atoms with van der Waals surface area (Å²) in [6, 6.07) is 3.60. The predicted octanol–water partition coefficient (Wildman–Crippen LogP) is 2.17. The molecule has 2 rings (SSSR count). The normalized spacial score (nSPS) is 15.3. The van der Waals surface area contributed by atoms with E-state index in [1.807, 2.05) is 0 Å². The fourth-order valence-electron chi connectivity index (χ4n) is 2.75. The van der Waals surface area contributed by atoms with Crippen LogP contribution in [0, 0.1) is 10.1 Å². The summed E-state index contributed by atoms with van der Waals surface area (Å²) in [5, 5.41) is 13.5. The van der Waals surface area contributed by atoms with E-state index in [9.17, 15) is 19.7 Å². The molecule has 1 aromatic carbocycles. The van der Waals surface area contributed by atoms with Crippen LogP contribution in [0.5, 0.6) is 0 Å². The molecule has 1 fully saturated rings. The van der Waals surface area contributed by atoms with E-state index >= 15 is 0 Å². The minimum atomic E-state index is -0.779. The van der Waals surface area contributed by atoms with E-state index in [4.69, 9.17) is 10.5 Å². The van der Waals surface area contributed by atoms with Gasteiger partial charge >= 0.3 is 5.97 Å². The van der Waals surface area contributed by atoms with Crippen molar-refractivity contribution < 1.29 is 19.2 Å². The quantitative estimate of drug-likeness (QED) is 0.279. The van der Waals surface area contributed by atoms with Crippen LogP contribution < -0.4 is 11.1 Å². The lowest BCUT2D eigenvalue weighted by Gasteiger charge is -2.16. The Morgan fingerprint density at radius 1 is 1.25 bits per heavy atom. The van der Waals surface area contributed by atoms with Crippen LogP contribution in [0.1, 0.15) is 48.9 Å². The van der Waals surface area contributed by atoms with Crippen molar-refractivity contribution in [3.63, 3.8) is 0 Å². The molecule has 1 aromatic rings. The molecular formula is C16H21N3O5. The van der Waals surface area contributed by atoms with Crippen LogP contribution in [-0.4, -0.2) is 29.4 Å². The summed E-state index contributed by atoms with van der Waals surface area (Å²) in [6.07, 6.45) is 6.42. The highest BCUT2D eigenvalue weighted by Crippen LogP contribution is 2.20. The number of non-ortho nitro benzene ring substituents is 1. The second-order valence-electron chi connectivity index (χ2n) is 5.86. The molecule has 0 unspecified atom stereocenters. The number of nitrogens with zero attached hydrogens (tertiary/aromatic N) is 1. The topological polar surface area (TPSA) is 125 Å². The molecule has 0 heterocycles. The largest absolute Gasteiger partial charge is 0.452 e. The molecule has 0 bridgehead atoms. The van der Waals surface area contributed by atoms with Gasteiger partial charge < -0.3 is 15.8 Å². The Balaban J connectivity index is 1.86. The summed E-state index contributed by atoms with van der Waals surface area (Å²) in [6.45, 7) is -0.397. The van der Waals surface area contributed by atoms with E-state index in [1.54, 1.807) is 0 Å². The molecule has 0 atom stereocenters. The summed E-state index contributed by atoms with van der Waals surface area (Å²) >= 11 is 0. The van der Waals surface area contributed by atoms with E-state index in [0.29, 0.717) is 0 Å². The summed E-state index contributed by atoms with van der Waals surface area (Å²) in [7, 11) is 0. The van der Waals surface area contributed by atoms with Crippen molar-refractivity contribution in [2.45, 2.75) is 44.6 Å². The molecule has 0 aromatic heterocycles. The second kappa shape index (κ2) is 8.28. The molecular weight excluding hydrogens is 314 g/mol. The first-order valence-corrected chi connectivity index (χ1v) is 7.98. The molecule has 0 spiro atoms. The highest BCUT2D eigenvalue weighted by molar-refractivity contribution is 5.96. The first-order valence-electron chi connectivity index (χ1n) is 7.98. The zero-order chi connectivity index (χ0) is 17.5.